The number of benzene rings is 1. The molecular formula is C14H22N2O. The predicted molar refractivity (Wildman–Crippen MR) is 71.7 cm³/mol. The van der Waals surface area contributed by atoms with Crippen molar-refractivity contribution in [1.29, 1.82) is 5.41 Å². The molecule has 1 atom stereocenters. The molecule has 0 radical (unpaired) electrons. The Morgan fingerprint density at radius 3 is 2.41 bits per heavy atom. The molecule has 0 spiro atoms. The molecule has 0 aliphatic rings. The first-order chi connectivity index (χ1) is 8.15. The van der Waals surface area contributed by atoms with Crippen LogP contribution < -0.4 is 10.5 Å². The van der Waals surface area contributed by atoms with E-state index in [1.165, 1.54) is 5.56 Å². The van der Waals surface area contributed by atoms with Crippen LogP contribution in [0.25, 0.3) is 0 Å². The van der Waals surface area contributed by atoms with E-state index in [9.17, 15) is 0 Å². The SMILES string of the molecule is CCCc1ccc(OC(CC)CC(=N)N)cc1. The summed E-state index contributed by atoms with van der Waals surface area (Å²) in [6, 6.07) is 8.18. The molecular weight excluding hydrogens is 212 g/mol. The first kappa shape index (κ1) is 13.6. The number of amidine groups is 1. The minimum Gasteiger partial charge on any atom is -0.490 e. The zero-order valence-electron chi connectivity index (χ0n) is 10.7. The molecule has 0 bridgehead atoms. The van der Waals surface area contributed by atoms with Gasteiger partial charge in [-0.15, -0.1) is 0 Å². The van der Waals surface area contributed by atoms with E-state index >= 15 is 0 Å². The Morgan fingerprint density at radius 1 is 1.29 bits per heavy atom. The van der Waals surface area contributed by atoms with Crippen molar-refractivity contribution in [2.75, 3.05) is 0 Å². The molecule has 0 fully saturated rings. The van der Waals surface area contributed by atoms with E-state index in [-0.39, 0.29) is 11.9 Å². The third-order valence-corrected chi connectivity index (χ3v) is 2.67. The summed E-state index contributed by atoms with van der Waals surface area (Å²) in [6.45, 7) is 4.21. The summed E-state index contributed by atoms with van der Waals surface area (Å²) in [7, 11) is 0. The lowest BCUT2D eigenvalue weighted by Gasteiger charge is -2.17. The van der Waals surface area contributed by atoms with Crippen molar-refractivity contribution in [2.45, 2.75) is 45.6 Å². The molecule has 0 aliphatic heterocycles. The van der Waals surface area contributed by atoms with Crippen molar-refractivity contribution in [3.63, 3.8) is 0 Å². The second kappa shape index (κ2) is 6.94. The second-order valence-electron chi connectivity index (χ2n) is 4.27. The van der Waals surface area contributed by atoms with Crippen LogP contribution in [0.1, 0.15) is 38.7 Å². The Hall–Kier alpha value is -1.51. The zero-order valence-corrected chi connectivity index (χ0v) is 10.7. The molecule has 1 aromatic carbocycles. The quantitative estimate of drug-likeness (QED) is 0.562. The molecule has 1 unspecified atom stereocenters. The average Bonchev–Trinajstić information content (AvgIpc) is 2.30. The molecule has 1 rings (SSSR count). The van der Waals surface area contributed by atoms with E-state index in [0.29, 0.717) is 6.42 Å². The number of hydrogen-bond donors (Lipinski definition) is 2. The van der Waals surface area contributed by atoms with E-state index in [4.69, 9.17) is 15.9 Å². The van der Waals surface area contributed by atoms with Crippen LogP contribution in [0.2, 0.25) is 0 Å². The van der Waals surface area contributed by atoms with Gasteiger partial charge in [-0.05, 0) is 30.5 Å². The normalized spacial score (nSPS) is 12.1. The van der Waals surface area contributed by atoms with Crippen LogP contribution in [0, 0.1) is 5.41 Å². The first-order valence-corrected chi connectivity index (χ1v) is 6.24. The van der Waals surface area contributed by atoms with Crippen molar-refractivity contribution in [1.82, 2.24) is 0 Å². The summed E-state index contributed by atoms with van der Waals surface area (Å²) in [5.41, 5.74) is 6.72. The summed E-state index contributed by atoms with van der Waals surface area (Å²) in [5.74, 6) is 1.04. The number of rotatable bonds is 7. The zero-order chi connectivity index (χ0) is 12.7. The summed E-state index contributed by atoms with van der Waals surface area (Å²) in [6.07, 6.45) is 3.61. The Labute approximate surface area is 103 Å². The molecule has 0 heterocycles. The number of hydrogen-bond acceptors (Lipinski definition) is 2. The highest BCUT2D eigenvalue weighted by Crippen LogP contribution is 2.17. The highest BCUT2D eigenvalue weighted by Gasteiger charge is 2.09. The molecule has 3 N–H and O–H groups in total. The van der Waals surface area contributed by atoms with Gasteiger partial charge in [-0.1, -0.05) is 32.4 Å². The third kappa shape index (κ3) is 4.89. The molecule has 0 aromatic heterocycles. The number of nitrogens with two attached hydrogens (primary N) is 1. The van der Waals surface area contributed by atoms with Crippen LogP contribution in [-0.4, -0.2) is 11.9 Å². The van der Waals surface area contributed by atoms with Gasteiger partial charge in [0.05, 0.1) is 5.84 Å². The standard InChI is InChI=1S/C14H22N2O/c1-3-5-11-6-8-13(9-7-11)17-12(4-2)10-14(15)16/h6-9,12H,3-5,10H2,1-2H3,(H3,15,16). The molecule has 0 aliphatic carbocycles. The van der Waals surface area contributed by atoms with Gasteiger partial charge in [-0.3, -0.25) is 5.41 Å². The Kier molecular flexibility index (Phi) is 5.53. The number of nitrogens with one attached hydrogen (secondary N) is 1. The van der Waals surface area contributed by atoms with Crippen LogP contribution >= 0.6 is 0 Å². The summed E-state index contributed by atoms with van der Waals surface area (Å²) in [4.78, 5) is 0. The number of aryl methyl sites for hydroxylation is 1. The van der Waals surface area contributed by atoms with E-state index < -0.39 is 0 Å². The summed E-state index contributed by atoms with van der Waals surface area (Å²) >= 11 is 0. The van der Waals surface area contributed by atoms with E-state index in [1.807, 2.05) is 19.1 Å². The monoisotopic (exact) mass is 234 g/mol. The van der Waals surface area contributed by atoms with Gasteiger partial charge < -0.3 is 10.5 Å². The highest BCUT2D eigenvalue weighted by atomic mass is 16.5. The molecule has 3 heteroatoms. The maximum atomic E-state index is 7.28. The van der Waals surface area contributed by atoms with Crippen LogP contribution in [0.4, 0.5) is 0 Å². The molecule has 0 amide bonds. The molecule has 17 heavy (non-hydrogen) atoms. The molecule has 0 saturated heterocycles. The molecule has 0 saturated carbocycles. The van der Waals surface area contributed by atoms with Gasteiger partial charge in [-0.25, -0.2) is 0 Å². The number of ether oxygens (including phenoxy) is 1. The van der Waals surface area contributed by atoms with Gasteiger partial charge in [0.15, 0.2) is 0 Å². The van der Waals surface area contributed by atoms with Crippen LogP contribution in [-0.2, 0) is 6.42 Å². The lowest BCUT2D eigenvalue weighted by atomic mass is 10.1. The van der Waals surface area contributed by atoms with Gasteiger partial charge in [0.25, 0.3) is 0 Å². The largest absolute Gasteiger partial charge is 0.490 e. The minimum atomic E-state index is 0.00419. The smallest absolute Gasteiger partial charge is 0.119 e. The first-order valence-electron chi connectivity index (χ1n) is 6.24. The topological polar surface area (TPSA) is 59.1 Å². The second-order valence-corrected chi connectivity index (χ2v) is 4.27. The maximum absolute atomic E-state index is 7.28. The van der Waals surface area contributed by atoms with Gasteiger partial charge in [0.1, 0.15) is 11.9 Å². The van der Waals surface area contributed by atoms with Crippen molar-refractivity contribution < 1.29 is 4.74 Å². The van der Waals surface area contributed by atoms with Gasteiger partial charge in [0.2, 0.25) is 0 Å². The lowest BCUT2D eigenvalue weighted by molar-refractivity contribution is 0.204. The Balaban J connectivity index is 2.57. The fourth-order valence-electron chi connectivity index (χ4n) is 1.73. The molecule has 1 aromatic rings. The van der Waals surface area contributed by atoms with Crippen molar-refractivity contribution in [3.8, 4) is 5.75 Å². The highest BCUT2D eigenvalue weighted by molar-refractivity contribution is 5.77. The van der Waals surface area contributed by atoms with Crippen LogP contribution in [0.3, 0.4) is 0 Å². The van der Waals surface area contributed by atoms with Crippen molar-refractivity contribution >= 4 is 5.84 Å². The van der Waals surface area contributed by atoms with Crippen molar-refractivity contribution in [2.24, 2.45) is 5.73 Å². The fraction of sp³-hybridized carbons (Fsp3) is 0.500. The van der Waals surface area contributed by atoms with Crippen LogP contribution in [0.15, 0.2) is 24.3 Å². The van der Waals surface area contributed by atoms with E-state index in [2.05, 4.69) is 19.1 Å². The van der Waals surface area contributed by atoms with Crippen molar-refractivity contribution in [3.05, 3.63) is 29.8 Å². The third-order valence-electron chi connectivity index (χ3n) is 2.67. The molecule has 94 valence electrons. The average molecular weight is 234 g/mol. The van der Waals surface area contributed by atoms with Gasteiger partial charge in [-0.2, -0.15) is 0 Å². The predicted octanol–water partition coefficient (Wildman–Crippen LogP) is 3.12. The minimum absolute atomic E-state index is 0.00419. The summed E-state index contributed by atoms with van der Waals surface area (Å²) in [5, 5.41) is 7.28. The lowest BCUT2D eigenvalue weighted by Crippen LogP contribution is -2.23. The fourth-order valence-corrected chi connectivity index (χ4v) is 1.73. The van der Waals surface area contributed by atoms with Gasteiger partial charge >= 0.3 is 0 Å². The van der Waals surface area contributed by atoms with Gasteiger partial charge in [0, 0.05) is 6.42 Å². The van der Waals surface area contributed by atoms with E-state index in [0.717, 1.165) is 25.0 Å². The molecule has 3 nitrogen and oxygen atoms in total. The Morgan fingerprint density at radius 2 is 1.94 bits per heavy atom. The Bertz CT molecular complexity index is 346. The van der Waals surface area contributed by atoms with E-state index in [1.54, 1.807) is 0 Å². The van der Waals surface area contributed by atoms with Crippen LogP contribution in [0.5, 0.6) is 5.75 Å². The summed E-state index contributed by atoms with van der Waals surface area (Å²) < 4.78 is 5.79. The maximum Gasteiger partial charge on any atom is 0.119 e.